The van der Waals surface area contributed by atoms with Crippen LogP contribution < -0.4 is 4.74 Å². The second kappa shape index (κ2) is 11.7. The van der Waals surface area contributed by atoms with Gasteiger partial charge in [0.25, 0.3) is 5.91 Å². The normalized spacial score (nSPS) is 18.4. The molecule has 224 valence electrons. The molecule has 6 heterocycles. The molecule has 0 aliphatic carbocycles. The summed E-state index contributed by atoms with van der Waals surface area (Å²) >= 11 is 0. The van der Waals surface area contributed by atoms with E-state index >= 15 is 8.78 Å². The first-order valence-electron chi connectivity index (χ1n) is 14.4. The van der Waals surface area contributed by atoms with Gasteiger partial charge in [-0.05, 0) is 53.6 Å². The van der Waals surface area contributed by atoms with Crippen molar-refractivity contribution in [1.82, 2.24) is 19.9 Å². The van der Waals surface area contributed by atoms with Crippen LogP contribution in [0.2, 0.25) is 0 Å². The highest BCUT2D eigenvalue weighted by molar-refractivity contribution is 5.95. The predicted octanol–water partition coefficient (Wildman–Crippen LogP) is 4.87. The molecule has 2 atom stereocenters. The molecule has 9 rings (SSSR count). The molecule has 0 saturated heterocycles. The first-order chi connectivity index (χ1) is 20.7. The summed E-state index contributed by atoms with van der Waals surface area (Å²) in [6.45, 7) is 5.29. The van der Waals surface area contributed by atoms with E-state index < -0.39 is 40.9 Å². The molecule has 11 heteroatoms. The molecule has 9 bridgehead atoms. The number of carboxylic acids is 1. The average Bonchev–Trinajstić information content (AvgIpc) is 3.40. The van der Waals surface area contributed by atoms with Crippen molar-refractivity contribution in [2.75, 3.05) is 26.4 Å². The maximum Gasteiger partial charge on any atom is 0.307 e. The van der Waals surface area contributed by atoms with Gasteiger partial charge in [0.05, 0.1) is 18.0 Å². The molecule has 0 unspecified atom stereocenters. The largest absolute Gasteiger partial charge is 0.491 e. The standard InChI is InChI=1S/C32H32F2N4O5/c1-18-24-6-7-27-30(18)35-36-38(27)9-3-11-42-12-13-43-23-15-25(33)29(26(34)16-23)31(39)37-10-8-20-4-5-21(14-22(20)17-37)28(24)19(2)32(40)41/h4-7,14-16,19,28H,3,8-13,17H2,1-2H3,(H,40,41)/t19-,28+/m1/s1. The summed E-state index contributed by atoms with van der Waals surface area (Å²) in [7, 11) is 0. The fraction of sp³-hybridized carbons (Fsp3) is 0.375. The number of aliphatic carboxylic acids is 1. The van der Waals surface area contributed by atoms with Crippen LogP contribution in [-0.4, -0.2) is 63.2 Å². The van der Waals surface area contributed by atoms with Crippen LogP contribution in [0.1, 0.15) is 57.4 Å². The minimum Gasteiger partial charge on any atom is -0.491 e. The van der Waals surface area contributed by atoms with Gasteiger partial charge in [0, 0.05) is 44.3 Å². The first-order valence-corrected chi connectivity index (χ1v) is 14.4. The first kappa shape index (κ1) is 28.7. The van der Waals surface area contributed by atoms with Gasteiger partial charge in [-0.25, -0.2) is 13.5 Å². The third-order valence-corrected chi connectivity index (χ3v) is 8.48. The Bertz CT molecular complexity index is 1700. The zero-order chi connectivity index (χ0) is 30.2. The predicted molar refractivity (Wildman–Crippen MR) is 153 cm³/mol. The van der Waals surface area contributed by atoms with Crippen molar-refractivity contribution >= 4 is 22.9 Å². The molecular weight excluding hydrogens is 558 g/mol. The highest BCUT2D eigenvalue weighted by atomic mass is 19.1. The number of hydrogen-bond donors (Lipinski definition) is 1. The number of aryl methyl sites for hydroxylation is 2. The summed E-state index contributed by atoms with van der Waals surface area (Å²) in [4.78, 5) is 27.1. The van der Waals surface area contributed by atoms with Crippen molar-refractivity contribution in [1.29, 1.82) is 0 Å². The van der Waals surface area contributed by atoms with Crippen LogP contribution >= 0.6 is 0 Å². The van der Waals surface area contributed by atoms with Crippen molar-refractivity contribution in [2.45, 2.75) is 45.7 Å². The zero-order valence-corrected chi connectivity index (χ0v) is 24.0. The minimum absolute atomic E-state index is 0.0237. The Morgan fingerprint density at radius 3 is 2.60 bits per heavy atom. The number of amides is 1. The number of carbonyl (C=O) groups excluding carboxylic acids is 1. The van der Waals surface area contributed by atoms with Gasteiger partial charge < -0.3 is 19.5 Å². The van der Waals surface area contributed by atoms with E-state index in [1.165, 1.54) is 4.90 Å². The summed E-state index contributed by atoms with van der Waals surface area (Å²) in [5, 5.41) is 18.9. The van der Waals surface area contributed by atoms with Gasteiger partial charge in [0.2, 0.25) is 0 Å². The van der Waals surface area contributed by atoms with Gasteiger partial charge in [0.1, 0.15) is 35.1 Å². The number of ether oxygens (including phenoxy) is 2. The molecule has 0 radical (unpaired) electrons. The number of hydrogen-bond acceptors (Lipinski definition) is 6. The lowest BCUT2D eigenvalue weighted by molar-refractivity contribution is -0.141. The van der Waals surface area contributed by atoms with Crippen molar-refractivity contribution in [3.63, 3.8) is 0 Å². The molecule has 5 aliphatic rings. The number of nitrogens with zero attached hydrogens (tertiary/aromatic N) is 4. The van der Waals surface area contributed by atoms with Crippen LogP contribution in [0.15, 0.2) is 42.5 Å². The van der Waals surface area contributed by atoms with Gasteiger partial charge in [0.15, 0.2) is 0 Å². The van der Waals surface area contributed by atoms with Crippen molar-refractivity contribution < 1.29 is 33.0 Å². The molecule has 0 saturated carbocycles. The Kier molecular flexibility index (Phi) is 7.83. The Morgan fingerprint density at radius 2 is 1.84 bits per heavy atom. The van der Waals surface area contributed by atoms with Gasteiger partial charge in [-0.2, -0.15) is 0 Å². The van der Waals surface area contributed by atoms with Crippen LogP contribution in [0.3, 0.4) is 0 Å². The maximum absolute atomic E-state index is 15.1. The molecule has 0 fully saturated rings. The Labute approximate surface area is 247 Å². The average molecular weight is 591 g/mol. The smallest absolute Gasteiger partial charge is 0.307 e. The highest BCUT2D eigenvalue weighted by Gasteiger charge is 2.32. The molecule has 4 aromatic rings. The second-order valence-electron chi connectivity index (χ2n) is 11.1. The van der Waals surface area contributed by atoms with E-state index in [0.29, 0.717) is 38.1 Å². The number of halogens is 2. The Balaban J connectivity index is 1.44. The lowest BCUT2D eigenvalue weighted by Crippen LogP contribution is -2.37. The van der Waals surface area contributed by atoms with Crippen LogP contribution in [0.4, 0.5) is 8.78 Å². The summed E-state index contributed by atoms with van der Waals surface area (Å²) in [5.74, 6) is -5.00. The second-order valence-corrected chi connectivity index (χ2v) is 11.1. The Hall–Kier alpha value is -4.38. The van der Waals surface area contributed by atoms with E-state index in [1.54, 1.807) is 11.6 Å². The van der Waals surface area contributed by atoms with Crippen LogP contribution in [0.25, 0.3) is 11.0 Å². The molecule has 1 amide bonds. The number of benzene rings is 3. The topological polar surface area (TPSA) is 107 Å². The fourth-order valence-electron chi connectivity index (χ4n) is 6.14. The number of rotatable bonds is 2. The quantitative estimate of drug-likeness (QED) is 0.355. The summed E-state index contributed by atoms with van der Waals surface area (Å²) in [5.41, 5.74) is 5.17. The zero-order valence-electron chi connectivity index (χ0n) is 24.0. The fourth-order valence-corrected chi connectivity index (χ4v) is 6.14. The summed E-state index contributed by atoms with van der Waals surface area (Å²) < 4.78 is 43.0. The lowest BCUT2D eigenvalue weighted by Gasteiger charge is -2.31. The molecule has 1 aromatic heterocycles. The van der Waals surface area contributed by atoms with Crippen molar-refractivity contribution in [2.24, 2.45) is 5.92 Å². The van der Waals surface area contributed by atoms with E-state index in [1.807, 2.05) is 37.3 Å². The van der Waals surface area contributed by atoms with Gasteiger partial charge >= 0.3 is 5.97 Å². The van der Waals surface area contributed by atoms with Crippen LogP contribution in [-0.2, 0) is 29.0 Å². The summed E-state index contributed by atoms with van der Waals surface area (Å²) in [6.07, 6.45) is 1.14. The van der Waals surface area contributed by atoms with Crippen LogP contribution in [0, 0.1) is 24.5 Å². The molecule has 3 aromatic carbocycles. The third-order valence-electron chi connectivity index (χ3n) is 8.48. The highest BCUT2D eigenvalue weighted by Crippen LogP contribution is 2.38. The van der Waals surface area contributed by atoms with Crippen molar-refractivity contribution in [3.8, 4) is 5.75 Å². The van der Waals surface area contributed by atoms with E-state index in [9.17, 15) is 14.7 Å². The monoisotopic (exact) mass is 590 g/mol. The van der Waals surface area contributed by atoms with E-state index in [2.05, 4.69) is 10.3 Å². The number of carbonyl (C=O) groups is 2. The van der Waals surface area contributed by atoms with Gasteiger partial charge in [-0.1, -0.05) is 36.4 Å². The number of carboxylic acid groups (broad SMARTS) is 1. The molecule has 5 aliphatic heterocycles. The maximum atomic E-state index is 15.1. The molecule has 43 heavy (non-hydrogen) atoms. The lowest BCUT2D eigenvalue weighted by atomic mass is 9.78. The minimum atomic E-state index is -0.993. The molecule has 9 nitrogen and oxygen atoms in total. The molecular formula is C32H32F2N4O5. The number of aromatic nitrogens is 3. The SMILES string of the molecule is Cc1c2ccc3c1nnn3CCCOCCOc1cc(F)c(c(F)c1)C(=O)N1CCc3ccc(cc3C1)[C@@H]2[C@@H](C)C(=O)O. The van der Waals surface area contributed by atoms with E-state index in [0.717, 1.165) is 45.5 Å². The van der Waals surface area contributed by atoms with Crippen LogP contribution in [0.5, 0.6) is 5.75 Å². The van der Waals surface area contributed by atoms with Gasteiger partial charge in [-0.3, -0.25) is 9.59 Å². The van der Waals surface area contributed by atoms with E-state index in [4.69, 9.17) is 9.47 Å². The third kappa shape index (κ3) is 5.45. The van der Waals surface area contributed by atoms with Gasteiger partial charge in [-0.15, -0.1) is 5.10 Å². The Morgan fingerprint density at radius 1 is 1.05 bits per heavy atom. The van der Waals surface area contributed by atoms with E-state index in [-0.39, 0.29) is 25.5 Å². The molecule has 0 spiro atoms. The molecule has 1 N–H and O–H groups in total. The van der Waals surface area contributed by atoms with Crippen molar-refractivity contribution in [3.05, 3.63) is 87.5 Å². The summed E-state index contributed by atoms with van der Waals surface area (Å²) in [6, 6.07) is 11.7.